The molecule has 0 aliphatic carbocycles. The number of hydrogen-bond acceptors (Lipinski definition) is 9. The Labute approximate surface area is 214 Å². The standard InChI is InChI=1S/C12H22N2O5.C12H24N2O3/c1-12(2,3)19-11(16)13-6-4-9(5-7-13)10(15)8-14(17)18;1-12(2,3)17-11(16)14-6-4-9(5-7-14)10(15)8-13/h9-10,15H,4-8H2,1-3H3;9-10,15H,4-8,13H2,1-3H3. The number of carbonyl (C=O) groups excluding carboxylic acids is 2. The third-order valence-electron chi connectivity index (χ3n) is 6.05. The Bertz CT molecular complexity index is 706. The molecule has 4 N–H and O–H groups in total. The van der Waals surface area contributed by atoms with Crippen molar-refractivity contribution in [1.29, 1.82) is 0 Å². The third kappa shape index (κ3) is 12.2. The van der Waals surface area contributed by atoms with Gasteiger partial charge in [0.15, 0.2) is 0 Å². The van der Waals surface area contributed by atoms with E-state index in [1.165, 1.54) is 0 Å². The zero-order valence-corrected chi connectivity index (χ0v) is 22.6. The Morgan fingerprint density at radius 3 is 1.47 bits per heavy atom. The van der Waals surface area contributed by atoms with Crippen LogP contribution in [0.4, 0.5) is 9.59 Å². The van der Waals surface area contributed by atoms with E-state index in [0.29, 0.717) is 39.0 Å². The minimum absolute atomic E-state index is 0.121. The van der Waals surface area contributed by atoms with Crippen molar-refractivity contribution in [1.82, 2.24) is 9.80 Å². The van der Waals surface area contributed by atoms with E-state index in [0.717, 1.165) is 12.8 Å². The van der Waals surface area contributed by atoms with Crippen molar-refractivity contribution in [3.05, 3.63) is 10.1 Å². The number of hydrogen-bond donors (Lipinski definition) is 3. The second-order valence-corrected chi connectivity index (χ2v) is 11.5. The number of nitro groups is 1. The average molecular weight is 519 g/mol. The molecule has 2 aliphatic heterocycles. The maximum atomic E-state index is 11.8. The molecule has 0 aromatic carbocycles. The van der Waals surface area contributed by atoms with Gasteiger partial charge >= 0.3 is 12.2 Å². The summed E-state index contributed by atoms with van der Waals surface area (Å²) < 4.78 is 10.6. The lowest BCUT2D eigenvalue weighted by Gasteiger charge is -2.34. The number of piperidine rings is 2. The Kier molecular flexibility index (Phi) is 12.3. The van der Waals surface area contributed by atoms with Gasteiger partial charge in [0, 0.05) is 37.6 Å². The van der Waals surface area contributed by atoms with Crippen molar-refractivity contribution in [2.24, 2.45) is 17.6 Å². The lowest BCUT2D eigenvalue weighted by Crippen LogP contribution is -2.44. The van der Waals surface area contributed by atoms with Crippen LogP contribution in [0, 0.1) is 22.0 Å². The van der Waals surface area contributed by atoms with E-state index in [1.807, 2.05) is 20.8 Å². The summed E-state index contributed by atoms with van der Waals surface area (Å²) >= 11 is 0. The number of likely N-dealkylation sites (tertiary alicyclic amines) is 2. The van der Waals surface area contributed by atoms with Crippen molar-refractivity contribution in [3.8, 4) is 0 Å². The van der Waals surface area contributed by atoms with Crippen molar-refractivity contribution < 1.29 is 34.2 Å². The maximum Gasteiger partial charge on any atom is 0.410 e. The van der Waals surface area contributed by atoms with Crippen LogP contribution in [0.3, 0.4) is 0 Å². The van der Waals surface area contributed by atoms with Crippen molar-refractivity contribution in [2.75, 3.05) is 39.3 Å². The Hall–Kier alpha value is -2.18. The van der Waals surface area contributed by atoms with Gasteiger partial charge in [0.1, 0.15) is 17.3 Å². The minimum atomic E-state index is -0.934. The molecule has 0 aromatic rings. The normalized spacial score (nSPS) is 19.6. The summed E-state index contributed by atoms with van der Waals surface area (Å²) in [7, 11) is 0. The highest BCUT2D eigenvalue weighted by Crippen LogP contribution is 2.23. The molecule has 0 bridgehead atoms. The van der Waals surface area contributed by atoms with Crippen LogP contribution in [-0.4, -0.2) is 99.8 Å². The first-order chi connectivity index (χ1) is 16.5. The molecule has 2 heterocycles. The lowest BCUT2D eigenvalue weighted by atomic mass is 9.91. The van der Waals surface area contributed by atoms with E-state index in [2.05, 4.69) is 0 Å². The monoisotopic (exact) mass is 518 g/mol. The number of aliphatic hydroxyl groups excluding tert-OH is 2. The second-order valence-electron chi connectivity index (χ2n) is 11.5. The van der Waals surface area contributed by atoms with Gasteiger partial charge in [-0.05, 0) is 79.1 Å². The highest BCUT2D eigenvalue weighted by Gasteiger charge is 2.32. The highest BCUT2D eigenvalue weighted by atomic mass is 16.6. The van der Waals surface area contributed by atoms with Crippen LogP contribution in [-0.2, 0) is 9.47 Å². The van der Waals surface area contributed by atoms with Crippen LogP contribution in [0.15, 0.2) is 0 Å². The molecule has 0 aromatic heterocycles. The number of nitrogens with zero attached hydrogens (tertiary/aromatic N) is 3. The summed E-state index contributed by atoms with van der Waals surface area (Å²) in [5, 5.41) is 29.7. The summed E-state index contributed by atoms with van der Waals surface area (Å²) in [5.74, 6) is 0.0859. The number of ether oxygens (including phenoxy) is 2. The fourth-order valence-corrected chi connectivity index (χ4v) is 4.08. The summed E-state index contributed by atoms with van der Waals surface area (Å²) in [6.07, 6.45) is 0.692. The van der Waals surface area contributed by atoms with E-state index < -0.39 is 34.9 Å². The summed E-state index contributed by atoms with van der Waals surface area (Å²) in [5.41, 5.74) is 4.44. The zero-order chi connectivity index (χ0) is 27.7. The smallest absolute Gasteiger partial charge is 0.410 e. The van der Waals surface area contributed by atoms with Crippen molar-refractivity contribution in [3.63, 3.8) is 0 Å². The molecular formula is C24H46N4O8. The SMILES string of the molecule is CC(C)(C)OC(=O)N1CCC(C(O)CN)CC1.CC(C)(C)OC(=O)N1CCC(C(O)C[N+](=O)[O-])CC1. The average Bonchev–Trinajstić information content (AvgIpc) is 2.76. The highest BCUT2D eigenvalue weighted by molar-refractivity contribution is 5.68. The van der Waals surface area contributed by atoms with Crippen molar-refractivity contribution in [2.45, 2.75) is 90.6 Å². The molecule has 2 atom stereocenters. The molecule has 2 amide bonds. The minimum Gasteiger partial charge on any atom is -0.444 e. The van der Waals surface area contributed by atoms with E-state index >= 15 is 0 Å². The first kappa shape index (κ1) is 31.8. The molecule has 0 radical (unpaired) electrons. The fourth-order valence-electron chi connectivity index (χ4n) is 4.08. The molecule has 2 fully saturated rings. The summed E-state index contributed by atoms with van der Waals surface area (Å²) in [6.45, 7) is 13.0. The molecule has 36 heavy (non-hydrogen) atoms. The molecule has 0 saturated carbocycles. The van der Waals surface area contributed by atoms with Gasteiger partial charge < -0.3 is 35.2 Å². The molecular weight excluding hydrogens is 472 g/mol. The number of amides is 2. The van der Waals surface area contributed by atoms with Gasteiger partial charge in [-0.3, -0.25) is 10.1 Å². The Morgan fingerprint density at radius 1 is 0.861 bits per heavy atom. The van der Waals surface area contributed by atoms with Gasteiger partial charge in [-0.2, -0.15) is 0 Å². The maximum absolute atomic E-state index is 11.8. The van der Waals surface area contributed by atoms with Crippen LogP contribution >= 0.6 is 0 Å². The lowest BCUT2D eigenvalue weighted by molar-refractivity contribution is -0.492. The summed E-state index contributed by atoms with van der Waals surface area (Å²) in [4.78, 5) is 36.7. The molecule has 2 aliphatic rings. The van der Waals surface area contributed by atoms with Gasteiger partial charge in [0.05, 0.1) is 6.10 Å². The summed E-state index contributed by atoms with van der Waals surface area (Å²) in [6, 6.07) is 0. The fraction of sp³-hybridized carbons (Fsp3) is 0.917. The second kappa shape index (κ2) is 13.9. The molecule has 2 unspecified atom stereocenters. The van der Waals surface area contributed by atoms with Crippen LogP contribution < -0.4 is 5.73 Å². The first-order valence-corrected chi connectivity index (χ1v) is 12.7. The van der Waals surface area contributed by atoms with Crippen molar-refractivity contribution >= 4 is 12.2 Å². The molecule has 12 nitrogen and oxygen atoms in total. The number of aliphatic hydroxyl groups is 2. The van der Waals surface area contributed by atoms with Gasteiger partial charge in [0.25, 0.3) is 0 Å². The topological polar surface area (TPSA) is 169 Å². The predicted molar refractivity (Wildman–Crippen MR) is 134 cm³/mol. The van der Waals surface area contributed by atoms with E-state index in [9.17, 15) is 29.9 Å². The van der Waals surface area contributed by atoms with Crippen LogP contribution in [0.25, 0.3) is 0 Å². The first-order valence-electron chi connectivity index (χ1n) is 12.7. The third-order valence-corrected chi connectivity index (χ3v) is 6.05. The van der Waals surface area contributed by atoms with E-state index in [1.54, 1.807) is 30.6 Å². The molecule has 210 valence electrons. The molecule has 0 spiro atoms. The van der Waals surface area contributed by atoms with Gasteiger partial charge in [0.2, 0.25) is 6.54 Å². The molecule has 12 heteroatoms. The predicted octanol–water partition coefficient (Wildman–Crippen LogP) is 2.22. The van der Waals surface area contributed by atoms with Crippen LogP contribution in [0.1, 0.15) is 67.2 Å². The zero-order valence-electron chi connectivity index (χ0n) is 22.6. The van der Waals surface area contributed by atoms with Gasteiger partial charge in [-0.15, -0.1) is 0 Å². The molecule has 2 rings (SSSR count). The quantitative estimate of drug-likeness (QED) is 0.365. The van der Waals surface area contributed by atoms with Gasteiger partial charge in [-0.1, -0.05) is 0 Å². The van der Waals surface area contributed by atoms with Crippen LogP contribution in [0.5, 0.6) is 0 Å². The molecule has 2 saturated heterocycles. The Balaban J connectivity index is 0.000000362. The number of nitrogens with two attached hydrogens (primary N) is 1. The number of carbonyl (C=O) groups is 2. The number of rotatable bonds is 5. The van der Waals surface area contributed by atoms with Crippen LogP contribution in [0.2, 0.25) is 0 Å². The van der Waals surface area contributed by atoms with E-state index in [4.69, 9.17) is 15.2 Å². The van der Waals surface area contributed by atoms with E-state index in [-0.39, 0.29) is 30.6 Å². The van der Waals surface area contributed by atoms with Gasteiger partial charge in [-0.25, -0.2) is 9.59 Å². The Morgan fingerprint density at radius 2 is 1.19 bits per heavy atom. The largest absolute Gasteiger partial charge is 0.444 e.